The highest BCUT2D eigenvalue weighted by molar-refractivity contribution is 8.04. The van der Waals surface area contributed by atoms with E-state index in [1.54, 1.807) is 13.2 Å². The first kappa shape index (κ1) is 29.3. The number of thioether (sulfide) groups is 2. The minimum absolute atomic E-state index is 0.00723. The molecular formula is C20H25N5O10S3. The van der Waals surface area contributed by atoms with E-state index in [4.69, 9.17) is 25.2 Å². The summed E-state index contributed by atoms with van der Waals surface area (Å²) in [5.74, 6) is -2.98. The minimum Gasteiger partial charge on any atom is -0.479 e. The second-order valence-corrected chi connectivity index (χ2v) is 11.0. The van der Waals surface area contributed by atoms with E-state index in [0.717, 1.165) is 11.3 Å². The van der Waals surface area contributed by atoms with Gasteiger partial charge in [-0.05, 0) is 13.2 Å². The molecule has 2 amide bonds. The summed E-state index contributed by atoms with van der Waals surface area (Å²) in [6, 6.07) is -0.935. The maximum absolute atomic E-state index is 13.0. The zero-order valence-corrected chi connectivity index (χ0v) is 22.9. The third kappa shape index (κ3) is 6.60. The second-order valence-electron chi connectivity index (χ2n) is 7.77. The zero-order chi connectivity index (χ0) is 28.0. The Labute approximate surface area is 228 Å². The maximum atomic E-state index is 13.0. The van der Waals surface area contributed by atoms with Gasteiger partial charge >= 0.3 is 18.1 Å². The number of hydrogen-bond acceptors (Lipinski definition) is 15. The lowest BCUT2D eigenvalue weighted by molar-refractivity contribution is -0.172. The van der Waals surface area contributed by atoms with Crippen molar-refractivity contribution in [1.29, 1.82) is 0 Å². The molecule has 4 atom stereocenters. The summed E-state index contributed by atoms with van der Waals surface area (Å²) in [6.45, 7) is 2.29. The summed E-state index contributed by atoms with van der Waals surface area (Å²) in [5.41, 5.74) is 5.33. The number of ether oxygens (including phenoxy) is 3. The number of thiazole rings is 1. The number of oxime groups is 1. The van der Waals surface area contributed by atoms with Crippen LogP contribution in [0.15, 0.2) is 10.5 Å². The molecule has 18 heteroatoms. The Morgan fingerprint density at radius 1 is 1.39 bits per heavy atom. The number of β-lactam (4-membered cyclic amide) rings is 1. The zero-order valence-electron chi connectivity index (χ0n) is 20.4. The van der Waals surface area contributed by atoms with Crippen LogP contribution in [-0.4, -0.2) is 105 Å². The van der Waals surface area contributed by atoms with Crippen LogP contribution < -0.4 is 11.1 Å². The number of esters is 1. The molecule has 2 saturated heterocycles. The van der Waals surface area contributed by atoms with E-state index in [1.807, 2.05) is 0 Å². The number of carbonyl (C=O) groups is 5. The van der Waals surface area contributed by atoms with Gasteiger partial charge in [-0.2, -0.15) is 0 Å². The van der Waals surface area contributed by atoms with Gasteiger partial charge in [-0.3, -0.25) is 14.4 Å². The molecule has 4 N–H and O–H groups in total. The largest absolute Gasteiger partial charge is 0.511 e. The van der Waals surface area contributed by atoms with Crippen molar-refractivity contribution in [3.63, 3.8) is 0 Å². The van der Waals surface area contributed by atoms with Crippen LogP contribution in [0.5, 0.6) is 0 Å². The van der Waals surface area contributed by atoms with Crippen molar-refractivity contribution in [2.75, 3.05) is 37.5 Å². The van der Waals surface area contributed by atoms with Gasteiger partial charge in [-0.15, -0.1) is 34.9 Å². The molecule has 1 aromatic rings. The average molecular weight is 592 g/mol. The molecule has 2 fully saturated rings. The lowest BCUT2D eigenvalue weighted by atomic mass is 10.0. The van der Waals surface area contributed by atoms with Gasteiger partial charge in [0.1, 0.15) is 21.9 Å². The standard InChI is InChI=1S/C20H25N5O10S3/c1-4-32-19(31)35-9(2)34-17(30)20(36-3)7-25-15(29)13(16(25)38-8-20)23-14(28)12(24-33-5-11(26)27)10-6-37-18(21)22-10/h6,9,13,16H,4-5,7-8H2,1-3H3,(H2,21,22)(H,23,28)(H,26,27)/t9?,13?,16-,20?/m1/s1. The molecular weight excluding hydrogens is 566 g/mol. The minimum atomic E-state index is -1.30. The molecule has 0 aromatic carbocycles. The normalized spacial score (nSPS) is 23.4. The number of nitrogens with zero attached hydrogens (tertiary/aromatic N) is 3. The summed E-state index contributed by atoms with van der Waals surface area (Å²) in [6.07, 6.45) is -0.479. The highest BCUT2D eigenvalue weighted by Crippen LogP contribution is 2.43. The second kappa shape index (κ2) is 12.5. The third-order valence-corrected chi connectivity index (χ3v) is 8.83. The first-order chi connectivity index (χ1) is 18.0. The van der Waals surface area contributed by atoms with E-state index in [1.165, 1.54) is 40.7 Å². The number of hydrogen-bond donors (Lipinski definition) is 3. The quantitative estimate of drug-likeness (QED) is 0.102. The predicted octanol–water partition coefficient (Wildman–Crippen LogP) is 0.0946. The summed E-state index contributed by atoms with van der Waals surface area (Å²) < 4.78 is 13.7. The van der Waals surface area contributed by atoms with Gasteiger partial charge in [0.25, 0.3) is 5.91 Å². The number of carboxylic acid groups (broad SMARTS) is 1. The third-order valence-electron chi connectivity index (χ3n) is 5.22. The maximum Gasteiger partial charge on any atom is 0.511 e. The lowest BCUT2D eigenvalue weighted by Gasteiger charge is -2.53. The molecule has 15 nitrogen and oxygen atoms in total. The van der Waals surface area contributed by atoms with Crippen LogP contribution >= 0.6 is 34.9 Å². The monoisotopic (exact) mass is 591 g/mol. The Kier molecular flexibility index (Phi) is 9.66. The highest BCUT2D eigenvalue weighted by Gasteiger charge is 2.58. The number of nitrogen functional groups attached to an aromatic ring is 1. The van der Waals surface area contributed by atoms with E-state index >= 15 is 0 Å². The molecule has 3 rings (SSSR count). The van der Waals surface area contributed by atoms with E-state index in [2.05, 4.69) is 20.2 Å². The van der Waals surface area contributed by atoms with Crippen LogP contribution in [0.3, 0.4) is 0 Å². The number of fused-ring (bicyclic) bond motifs is 1. The highest BCUT2D eigenvalue weighted by atomic mass is 32.2. The molecule has 0 spiro atoms. The first-order valence-electron chi connectivity index (χ1n) is 11.0. The van der Waals surface area contributed by atoms with Gasteiger partial charge in [0, 0.05) is 24.6 Å². The van der Waals surface area contributed by atoms with Gasteiger partial charge in [-0.1, -0.05) is 5.16 Å². The Balaban J connectivity index is 1.65. The van der Waals surface area contributed by atoms with Crippen molar-refractivity contribution in [3.05, 3.63) is 11.1 Å². The van der Waals surface area contributed by atoms with Gasteiger partial charge in [0.2, 0.25) is 18.8 Å². The lowest BCUT2D eigenvalue weighted by Crippen LogP contribution is -2.75. The van der Waals surface area contributed by atoms with Crippen LogP contribution in [0.4, 0.5) is 9.93 Å². The number of aromatic nitrogens is 1. The van der Waals surface area contributed by atoms with Crippen molar-refractivity contribution < 1.29 is 48.1 Å². The van der Waals surface area contributed by atoms with Crippen molar-refractivity contribution in [1.82, 2.24) is 15.2 Å². The fourth-order valence-corrected chi connectivity index (χ4v) is 6.50. The number of anilines is 1. The van der Waals surface area contributed by atoms with Crippen molar-refractivity contribution >= 4 is 75.6 Å². The van der Waals surface area contributed by atoms with Crippen LogP contribution in [-0.2, 0) is 38.2 Å². The number of carbonyl (C=O) groups excluding carboxylic acids is 4. The summed E-state index contributed by atoms with van der Waals surface area (Å²) in [7, 11) is 0. The topological polar surface area (TPSA) is 209 Å². The molecule has 0 saturated carbocycles. The first-order valence-corrected chi connectivity index (χ1v) is 14.1. The molecule has 0 aliphatic carbocycles. The predicted molar refractivity (Wildman–Crippen MR) is 136 cm³/mol. The van der Waals surface area contributed by atoms with Gasteiger partial charge in [-0.25, -0.2) is 14.6 Å². The van der Waals surface area contributed by atoms with Gasteiger partial charge < -0.3 is 40.1 Å². The van der Waals surface area contributed by atoms with E-state index in [9.17, 15) is 24.0 Å². The summed E-state index contributed by atoms with van der Waals surface area (Å²) >= 11 is 3.49. The Hall–Kier alpha value is -3.25. The number of nitrogens with one attached hydrogen (secondary N) is 1. The fraction of sp³-hybridized carbons (Fsp3) is 0.550. The molecule has 3 unspecified atom stereocenters. The smallest absolute Gasteiger partial charge is 0.479 e. The fourth-order valence-electron chi connectivity index (χ4n) is 3.41. The van der Waals surface area contributed by atoms with E-state index < -0.39 is 59.0 Å². The van der Waals surface area contributed by atoms with Crippen molar-refractivity contribution in [2.24, 2.45) is 5.16 Å². The van der Waals surface area contributed by atoms with Crippen molar-refractivity contribution in [2.45, 2.75) is 36.3 Å². The molecule has 208 valence electrons. The number of carboxylic acids is 1. The number of nitrogens with two attached hydrogens (primary N) is 1. The van der Waals surface area contributed by atoms with E-state index in [-0.39, 0.29) is 35.4 Å². The van der Waals surface area contributed by atoms with Crippen LogP contribution in [0, 0.1) is 0 Å². The summed E-state index contributed by atoms with van der Waals surface area (Å²) in [5, 5.41) is 16.0. The molecule has 2 aliphatic heterocycles. The number of aliphatic carboxylic acids is 1. The molecule has 2 aliphatic rings. The molecule has 1 aromatic heterocycles. The Morgan fingerprint density at radius 2 is 2.13 bits per heavy atom. The Bertz CT molecular complexity index is 1130. The number of amides is 2. The Morgan fingerprint density at radius 3 is 2.74 bits per heavy atom. The van der Waals surface area contributed by atoms with Crippen molar-refractivity contribution in [3.8, 4) is 0 Å². The van der Waals surface area contributed by atoms with Gasteiger partial charge in [0.05, 0.1) is 6.61 Å². The summed E-state index contributed by atoms with van der Waals surface area (Å²) in [4.78, 5) is 71.2. The molecule has 38 heavy (non-hydrogen) atoms. The van der Waals surface area contributed by atoms with Crippen LogP contribution in [0.1, 0.15) is 19.5 Å². The van der Waals surface area contributed by atoms with E-state index in [0.29, 0.717) is 0 Å². The van der Waals surface area contributed by atoms with Gasteiger partial charge in [0.15, 0.2) is 10.8 Å². The molecule has 0 radical (unpaired) electrons. The van der Waals surface area contributed by atoms with Crippen LogP contribution in [0.25, 0.3) is 0 Å². The SMILES string of the molecule is CCOC(=O)OC(C)OC(=O)C1(SC)CS[C@@H]2C(NC(=O)C(=NOCC(=O)O)c3csc(N)n3)C(=O)N2C1. The van der Waals surface area contributed by atoms with Crippen LogP contribution in [0.2, 0.25) is 0 Å². The molecule has 0 bridgehead atoms. The average Bonchev–Trinajstić information content (AvgIpc) is 3.29. The molecule has 3 heterocycles. The number of rotatable bonds is 11.